The van der Waals surface area contributed by atoms with Crippen LogP contribution in [0.4, 0.5) is 11.4 Å². The number of piperidine rings is 1. The van der Waals surface area contributed by atoms with Gasteiger partial charge >= 0.3 is 0 Å². The number of hydrogen-bond donors (Lipinski definition) is 1. The molecule has 0 bridgehead atoms. The van der Waals surface area contributed by atoms with Crippen LogP contribution in [0.2, 0.25) is 0 Å². The van der Waals surface area contributed by atoms with Crippen molar-refractivity contribution in [1.82, 2.24) is 0 Å². The first-order valence-electron chi connectivity index (χ1n) is 5.36. The van der Waals surface area contributed by atoms with Gasteiger partial charge in [0, 0.05) is 13.1 Å². The second-order valence-corrected chi connectivity index (χ2v) is 3.93. The van der Waals surface area contributed by atoms with Gasteiger partial charge in [-0.05, 0) is 37.5 Å². The molecule has 3 heteroatoms. The Hall–Kier alpha value is -1.69. The monoisotopic (exact) mass is 201 g/mol. The van der Waals surface area contributed by atoms with E-state index in [9.17, 15) is 0 Å². The minimum Gasteiger partial charge on any atom is -0.397 e. The summed E-state index contributed by atoms with van der Waals surface area (Å²) < 4.78 is 0. The zero-order valence-corrected chi connectivity index (χ0v) is 8.74. The van der Waals surface area contributed by atoms with Gasteiger partial charge in [-0.1, -0.05) is 0 Å². The van der Waals surface area contributed by atoms with E-state index in [0.29, 0.717) is 5.56 Å². The lowest BCUT2D eigenvalue weighted by Gasteiger charge is -2.29. The Morgan fingerprint density at radius 1 is 1.20 bits per heavy atom. The van der Waals surface area contributed by atoms with Crippen LogP contribution in [-0.2, 0) is 0 Å². The van der Waals surface area contributed by atoms with Gasteiger partial charge in [0.15, 0.2) is 0 Å². The summed E-state index contributed by atoms with van der Waals surface area (Å²) in [5.41, 5.74) is 8.40. The molecule has 1 aromatic rings. The van der Waals surface area contributed by atoms with Gasteiger partial charge in [-0.2, -0.15) is 5.26 Å². The van der Waals surface area contributed by atoms with Gasteiger partial charge in [0.2, 0.25) is 0 Å². The van der Waals surface area contributed by atoms with Crippen LogP contribution in [0.25, 0.3) is 0 Å². The normalized spacial score (nSPS) is 16.1. The fraction of sp³-hybridized carbons (Fsp3) is 0.417. The lowest BCUT2D eigenvalue weighted by molar-refractivity contribution is 0.578. The maximum absolute atomic E-state index is 8.84. The van der Waals surface area contributed by atoms with Crippen molar-refractivity contribution in [2.45, 2.75) is 19.3 Å². The molecule has 2 N–H and O–H groups in total. The molecule has 1 saturated heterocycles. The number of nitriles is 1. The Kier molecular flexibility index (Phi) is 2.77. The van der Waals surface area contributed by atoms with E-state index in [1.165, 1.54) is 19.3 Å². The quantitative estimate of drug-likeness (QED) is 0.708. The smallest absolute Gasteiger partial charge is 0.0992 e. The van der Waals surface area contributed by atoms with Crippen molar-refractivity contribution >= 4 is 11.4 Å². The number of rotatable bonds is 1. The van der Waals surface area contributed by atoms with Crippen LogP contribution in [0.5, 0.6) is 0 Å². The molecule has 78 valence electrons. The Labute approximate surface area is 90.1 Å². The lowest BCUT2D eigenvalue weighted by atomic mass is 10.1. The number of hydrogen-bond acceptors (Lipinski definition) is 3. The lowest BCUT2D eigenvalue weighted by Crippen LogP contribution is -2.30. The van der Waals surface area contributed by atoms with Crippen LogP contribution in [0.15, 0.2) is 18.2 Å². The molecule has 0 amide bonds. The maximum Gasteiger partial charge on any atom is 0.0992 e. The predicted octanol–water partition coefficient (Wildman–Crippen LogP) is 2.13. The van der Waals surface area contributed by atoms with E-state index >= 15 is 0 Å². The Morgan fingerprint density at radius 3 is 2.60 bits per heavy atom. The summed E-state index contributed by atoms with van der Waals surface area (Å²) in [6, 6.07) is 7.63. The SMILES string of the molecule is N#Cc1ccc(N)c(N2CCCCC2)c1. The molecule has 1 fully saturated rings. The molecular formula is C12H15N3. The predicted molar refractivity (Wildman–Crippen MR) is 61.6 cm³/mol. The van der Waals surface area contributed by atoms with Crippen LogP contribution in [0.3, 0.4) is 0 Å². The van der Waals surface area contributed by atoms with Crippen molar-refractivity contribution in [2.75, 3.05) is 23.7 Å². The highest BCUT2D eigenvalue weighted by Gasteiger charge is 2.13. The van der Waals surface area contributed by atoms with E-state index in [1.54, 1.807) is 6.07 Å². The molecule has 0 saturated carbocycles. The van der Waals surface area contributed by atoms with E-state index in [1.807, 2.05) is 12.1 Å². The van der Waals surface area contributed by atoms with Gasteiger partial charge in [0.25, 0.3) is 0 Å². The van der Waals surface area contributed by atoms with Crippen LogP contribution in [0.1, 0.15) is 24.8 Å². The van der Waals surface area contributed by atoms with Crippen molar-refractivity contribution in [3.8, 4) is 6.07 Å². The third-order valence-corrected chi connectivity index (χ3v) is 2.86. The summed E-state index contributed by atoms with van der Waals surface area (Å²) in [4.78, 5) is 2.28. The number of nitrogen functional groups attached to an aromatic ring is 1. The first-order chi connectivity index (χ1) is 7.31. The first-order valence-corrected chi connectivity index (χ1v) is 5.36. The largest absolute Gasteiger partial charge is 0.397 e. The standard InChI is InChI=1S/C12H15N3/c13-9-10-4-5-11(14)12(8-10)15-6-2-1-3-7-15/h4-5,8H,1-3,6-7,14H2. The second-order valence-electron chi connectivity index (χ2n) is 3.93. The van der Waals surface area contributed by atoms with Crippen LogP contribution in [-0.4, -0.2) is 13.1 Å². The molecule has 1 aliphatic heterocycles. The molecular weight excluding hydrogens is 186 g/mol. The van der Waals surface area contributed by atoms with Gasteiger partial charge in [-0.3, -0.25) is 0 Å². The van der Waals surface area contributed by atoms with Gasteiger partial charge in [-0.25, -0.2) is 0 Å². The highest BCUT2D eigenvalue weighted by atomic mass is 15.1. The number of nitrogens with two attached hydrogens (primary N) is 1. The van der Waals surface area contributed by atoms with E-state index < -0.39 is 0 Å². The molecule has 2 rings (SSSR count). The van der Waals surface area contributed by atoms with Crippen LogP contribution >= 0.6 is 0 Å². The van der Waals surface area contributed by atoms with Crippen molar-refractivity contribution < 1.29 is 0 Å². The first kappa shape index (κ1) is 9.85. The number of anilines is 2. The average Bonchev–Trinajstić information content (AvgIpc) is 2.31. The van der Waals surface area contributed by atoms with Gasteiger partial charge in [0.05, 0.1) is 23.0 Å². The zero-order chi connectivity index (χ0) is 10.7. The fourth-order valence-electron chi connectivity index (χ4n) is 2.02. The Bertz CT molecular complexity index is 386. The maximum atomic E-state index is 8.84. The minimum absolute atomic E-state index is 0.685. The van der Waals surface area contributed by atoms with E-state index in [0.717, 1.165) is 24.5 Å². The summed E-state index contributed by atoms with van der Waals surface area (Å²) >= 11 is 0. The molecule has 0 aromatic heterocycles. The summed E-state index contributed by atoms with van der Waals surface area (Å²) in [5, 5.41) is 8.84. The van der Waals surface area contributed by atoms with Crippen molar-refractivity contribution in [3.63, 3.8) is 0 Å². The molecule has 3 nitrogen and oxygen atoms in total. The summed E-state index contributed by atoms with van der Waals surface area (Å²) in [7, 11) is 0. The second kappa shape index (κ2) is 4.22. The molecule has 15 heavy (non-hydrogen) atoms. The molecule has 0 radical (unpaired) electrons. The molecule has 1 aromatic carbocycles. The highest BCUT2D eigenvalue weighted by Crippen LogP contribution is 2.27. The van der Waals surface area contributed by atoms with Crippen LogP contribution in [0, 0.1) is 11.3 Å². The van der Waals surface area contributed by atoms with E-state index in [4.69, 9.17) is 11.0 Å². The average molecular weight is 201 g/mol. The van der Waals surface area contributed by atoms with Crippen molar-refractivity contribution in [3.05, 3.63) is 23.8 Å². The van der Waals surface area contributed by atoms with Crippen LogP contribution < -0.4 is 10.6 Å². The topological polar surface area (TPSA) is 53.1 Å². The third-order valence-electron chi connectivity index (χ3n) is 2.86. The summed E-state index contributed by atoms with van der Waals surface area (Å²) in [6.07, 6.45) is 3.74. The number of nitrogens with zero attached hydrogens (tertiary/aromatic N) is 2. The number of benzene rings is 1. The Balaban J connectivity index is 2.29. The molecule has 0 unspecified atom stereocenters. The summed E-state index contributed by atoms with van der Waals surface area (Å²) in [6.45, 7) is 2.11. The molecule has 1 heterocycles. The third kappa shape index (κ3) is 2.04. The van der Waals surface area contributed by atoms with Gasteiger partial charge in [0.1, 0.15) is 0 Å². The minimum atomic E-state index is 0.685. The molecule has 1 aliphatic rings. The van der Waals surface area contributed by atoms with Crippen molar-refractivity contribution in [1.29, 1.82) is 5.26 Å². The summed E-state index contributed by atoms with van der Waals surface area (Å²) in [5.74, 6) is 0. The van der Waals surface area contributed by atoms with E-state index in [-0.39, 0.29) is 0 Å². The molecule has 0 atom stereocenters. The molecule has 0 aliphatic carbocycles. The Morgan fingerprint density at radius 2 is 1.93 bits per heavy atom. The van der Waals surface area contributed by atoms with Gasteiger partial charge in [-0.15, -0.1) is 0 Å². The zero-order valence-electron chi connectivity index (χ0n) is 8.74. The van der Waals surface area contributed by atoms with Gasteiger partial charge < -0.3 is 10.6 Å². The molecule has 0 spiro atoms. The van der Waals surface area contributed by atoms with E-state index in [2.05, 4.69) is 11.0 Å². The van der Waals surface area contributed by atoms with Crippen molar-refractivity contribution in [2.24, 2.45) is 0 Å². The highest BCUT2D eigenvalue weighted by molar-refractivity contribution is 5.69. The fourth-order valence-corrected chi connectivity index (χ4v) is 2.02.